The van der Waals surface area contributed by atoms with Gasteiger partial charge < -0.3 is 5.32 Å². The lowest BCUT2D eigenvalue weighted by Gasteiger charge is -2.08. The molecule has 0 aliphatic carbocycles. The third-order valence-electron chi connectivity index (χ3n) is 4.19. The predicted octanol–water partition coefficient (Wildman–Crippen LogP) is 7.44. The fourth-order valence-electron chi connectivity index (χ4n) is 2.81. The molecule has 3 rings (SSSR count). The summed E-state index contributed by atoms with van der Waals surface area (Å²) in [4.78, 5) is 9.96. The second-order valence-electron chi connectivity index (χ2n) is 6.24. The SMILES string of the molecule is N#Cc1c(NCCBr)sc(N=Nc2ccc([N+](=O)[O-])cc2C(F)(F)F)c1-c1ccccc1. The van der Waals surface area contributed by atoms with E-state index in [2.05, 4.69) is 37.5 Å². The van der Waals surface area contributed by atoms with E-state index in [4.69, 9.17) is 0 Å². The third-order valence-corrected chi connectivity index (χ3v) is 5.62. The van der Waals surface area contributed by atoms with Crippen molar-refractivity contribution in [3.05, 3.63) is 69.8 Å². The Morgan fingerprint density at radius 1 is 1.19 bits per heavy atom. The molecule has 0 saturated carbocycles. The Morgan fingerprint density at radius 2 is 1.91 bits per heavy atom. The van der Waals surface area contributed by atoms with Gasteiger partial charge in [-0.2, -0.15) is 18.4 Å². The molecule has 0 unspecified atom stereocenters. The Hall–Kier alpha value is -3.30. The highest BCUT2D eigenvalue weighted by Crippen LogP contribution is 2.47. The van der Waals surface area contributed by atoms with Gasteiger partial charge in [-0.15, -0.1) is 10.2 Å². The maximum Gasteiger partial charge on any atom is 0.418 e. The molecule has 0 bridgehead atoms. The van der Waals surface area contributed by atoms with Crippen LogP contribution < -0.4 is 5.32 Å². The Kier molecular flexibility index (Phi) is 7.22. The monoisotopic (exact) mass is 523 g/mol. The molecule has 32 heavy (non-hydrogen) atoms. The molecule has 164 valence electrons. The molecule has 0 saturated heterocycles. The van der Waals surface area contributed by atoms with Crippen molar-refractivity contribution < 1.29 is 18.1 Å². The van der Waals surface area contributed by atoms with Crippen LogP contribution in [0.1, 0.15) is 11.1 Å². The number of azo groups is 1. The van der Waals surface area contributed by atoms with Gasteiger partial charge in [-0.1, -0.05) is 57.6 Å². The number of nitrogens with one attached hydrogen (secondary N) is 1. The van der Waals surface area contributed by atoms with E-state index in [9.17, 15) is 28.5 Å². The lowest BCUT2D eigenvalue weighted by Crippen LogP contribution is -2.06. The molecule has 0 aliphatic heterocycles. The van der Waals surface area contributed by atoms with Crippen LogP contribution in [0.15, 0.2) is 58.8 Å². The number of nitrogens with zero attached hydrogens (tertiary/aromatic N) is 4. The number of thiophene rings is 1. The van der Waals surface area contributed by atoms with Crippen molar-refractivity contribution >= 4 is 48.6 Å². The summed E-state index contributed by atoms with van der Waals surface area (Å²) in [6.45, 7) is 0.514. The number of halogens is 4. The number of rotatable bonds is 7. The van der Waals surface area contributed by atoms with E-state index in [0.717, 1.165) is 23.5 Å². The molecule has 1 aromatic heterocycles. The van der Waals surface area contributed by atoms with E-state index in [1.54, 1.807) is 30.3 Å². The van der Waals surface area contributed by atoms with Crippen LogP contribution in [0, 0.1) is 21.4 Å². The minimum Gasteiger partial charge on any atom is -0.375 e. The number of hydrogen-bond acceptors (Lipinski definition) is 7. The fraction of sp³-hybridized carbons (Fsp3) is 0.150. The zero-order valence-electron chi connectivity index (χ0n) is 16.1. The van der Waals surface area contributed by atoms with Crippen LogP contribution in [0.4, 0.5) is 34.5 Å². The molecule has 0 spiro atoms. The lowest BCUT2D eigenvalue weighted by atomic mass is 10.0. The van der Waals surface area contributed by atoms with Gasteiger partial charge in [0, 0.05) is 29.6 Å². The second-order valence-corrected chi connectivity index (χ2v) is 8.03. The van der Waals surface area contributed by atoms with Crippen molar-refractivity contribution in [1.82, 2.24) is 0 Å². The summed E-state index contributed by atoms with van der Waals surface area (Å²) in [5.41, 5.74) is -1.15. The Labute approximate surface area is 192 Å². The largest absolute Gasteiger partial charge is 0.418 e. The smallest absolute Gasteiger partial charge is 0.375 e. The molecular weight excluding hydrogens is 511 g/mol. The molecule has 0 amide bonds. The average molecular weight is 524 g/mol. The topological polar surface area (TPSA) is 104 Å². The lowest BCUT2D eigenvalue weighted by molar-refractivity contribution is -0.385. The summed E-state index contributed by atoms with van der Waals surface area (Å²) in [5.74, 6) is 0. The number of alkyl halides is 4. The van der Waals surface area contributed by atoms with Crippen molar-refractivity contribution in [2.45, 2.75) is 6.18 Å². The van der Waals surface area contributed by atoms with Gasteiger partial charge in [-0.25, -0.2) is 0 Å². The van der Waals surface area contributed by atoms with Gasteiger partial charge >= 0.3 is 6.18 Å². The molecule has 3 aromatic rings. The third kappa shape index (κ3) is 5.12. The van der Waals surface area contributed by atoms with E-state index in [1.165, 1.54) is 0 Å². The summed E-state index contributed by atoms with van der Waals surface area (Å²) in [6, 6.07) is 13.2. The van der Waals surface area contributed by atoms with Crippen LogP contribution in [0.3, 0.4) is 0 Å². The van der Waals surface area contributed by atoms with Crippen LogP contribution in [-0.2, 0) is 6.18 Å². The molecule has 0 radical (unpaired) electrons. The highest BCUT2D eigenvalue weighted by molar-refractivity contribution is 9.09. The Balaban J connectivity index is 2.14. The summed E-state index contributed by atoms with van der Waals surface area (Å²) in [6.07, 6.45) is -4.86. The van der Waals surface area contributed by atoms with Gasteiger partial charge in [-0.3, -0.25) is 10.1 Å². The molecule has 7 nitrogen and oxygen atoms in total. The van der Waals surface area contributed by atoms with Crippen molar-refractivity contribution in [3.63, 3.8) is 0 Å². The van der Waals surface area contributed by atoms with Crippen LogP contribution in [0.2, 0.25) is 0 Å². The number of benzene rings is 2. The molecule has 0 aliphatic rings. The van der Waals surface area contributed by atoms with Crippen molar-refractivity contribution in [2.75, 3.05) is 17.2 Å². The van der Waals surface area contributed by atoms with Crippen LogP contribution in [0.25, 0.3) is 11.1 Å². The number of nitro benzene ring substituents is 1. The Bertz CT molecular complexity index is 1210. The summed E-state index contributed by atoms with van der Waals surface area (Å²) >= 11 is 4.37. The van der Waals surface area contributed by atoms with Crippen molar-refractivity contribution in [2.24, 2.45) is 10.2 Å². The van der Waals surface area contributed by atoms with Gasteiger partial charge in [-0.05, 0) is 11.6 Å². The maximum absolute atomic E-state index is 13.4. The normalized spacial score (nSPS) is 11.5. The first-order valence-corrected chi connectivity index (χ1v) is 10.9. The second kappa shape index (κ2) is 9.88. The van der Waals surface area contributed by atoms with Crippen LogP contribution >= 0.6 is 27.3 Å². The molecular formula is C20H13BrF3N5O2S. The van der Waals surface area contributed by atoms with E-state index in [1.807, 2.05) is 0 Å². The minimum absolute atomic E-state index is 0.233. The first-order chi connectivity index (χ1) is 15.3. The zero-order chi connectivity index (χ0) is 23.3. The minimum atomic E-state index is -4.86. The standard InChI is InChI=1S/C20H13BrF3N5O2S/c21-8-9-26-18-14(11-25)17(12-4-2-1-3-5-12)19(32-18)28-27-16-7-6-13(29(30)31)10-15(16)20(22,23)24/h1-7,10,26H,8-9H2. The van der Waals surface area contributed by atoms with Gasteiger partial charge in [0.05, 0.1) is 21.7 Å². The van der Waals surface area contributed by atoms with Gasteiger partial charge in [0.15, 0.2) is 0 Å². The van der Waals surface area contributed by atoms with E-state index < -0.39 is 28.0 Å². The number of nitriles is 1. The summed E-state index contributed by atoms with van der Waals surface area (Å²) in [5, 5.41) is 32.8. The summed E-state index contributed by atoms with van der Waals surface area (Å²) < 4.78 is 40.3. The van der Waals surface area contributed by atoms with E-state index in [-0.39, 0.29) is 5.00 Å². The van der Waals surface area contributed by atoms with Crippen molar-refractivity contribution in [1.29, 1.82) is 5.26 Å². The molecule has 1 N–H and O–H groups in total. The van der Waals surface area contributed by atoms with Crippen LogP contribution in [-0.4, -0.2) is 16.8 Å². The first kappa shape index (κ1) is 23.4. The van der Waals surface area contributed by atoms with Crippen LogP contribution in [0.5, 0.6) is 0 Å². The van der Waals surface area contributed by atoms with E-state index >= 15 is 0 Å². The predicted molar refractivity (Wildman–Crippen MR) is 119 cm³/mol. The molecule has 0 fully saturated rings. The number of nitro groups is 1. The average Bonchev–Trinajstić information content (AvgIpc) is 3.13. The highest BCUT2D eigenvalue weighted by atomic mass is 79.9. The first-order valence-electron chi connectivity index (χ1n) is 8.95. The number of anilines is 1. The maximum atomic E-state index is 13.4. The molecule has 0 atom stereocenters. The number of hydrogen-bond donors (Lipinski definition) is 1. The van der Waals surface area contributed by atoms with Gasteiger partial charge in [0.25, 0.3) is 5.69 Å². The van der Waals surface area contributed by atoms with Gasteiger partial charge in [0.1, 0.15) is 16.1 Å². The fourth-order valence-corrected chi connectivity index (χ4v) is 4.02. The zero-order valence-corrected chi connectivity index (χ0v) is 18.5. The Morgan fingerprint density at radius 3 is 2.50 bits per heavy atom. The quantitative estimate of drug-likeness (QED) is 0.150. The number of non-ortho nitro benzene ring substituents is 1. The van der Waals surface area contributed by atoms with Gasteiger partial charge in [0.2, 0.25) is 0 Å². The molecule has 1 heterocycles. The molecule has 12 heteroatoms. The molecule has 2 aromatic carbocycles. The van der Waals surface area contributed by atoms with E-state index in [0.29, 0.717) is 39.6 Å². The summed E-state index contributed by atoms with van der Waals surface area (Å²) in [7, 11) is 0. The van der Waals surface area contributed by atoms with Crippen molar-refractivity contribution in [3.8, 4) is 17.2 Å². The highest BCUT2D eigenvalue weighted by Gasteiger charge is 2.35.